The summed E-state index contributed by atoms with van der Waals surface area (Å²) in [6.45, 7) is 11.5. The van der Waals surface area contributed by atoms with Gasteiger partial charge in [-0.05, 0) is 46.0 Å². The molecule has 1 aromatic rings. The number of terminal acetylenes is 1. The van der Waals surface area contributed by atoms with Gasteiger partial charge in [-0.15, -0.1) is 12.8 Å². The lowest BCUT2D eigenvalue weighted by atomic mass is 9.86. The summed E-state index contributed by atoms with van der Waals surface area (Å²) in [6.07, 6.45) is 13.1. The van der Waals surface area contributed by atoms with E-state index in [9.17, 15) is 13.6 Å². The molecular formula is C23H42F2N5OP. The normalized spacial score (nSPS) is 16.6. The van der Waals surface area contributed by atoms with Gasteiger partial charge in [-0.3, -0.25) is 4.79 Å². The minimum Gasteiger partial charge on any atom is -0.356 e. The van der Waals surface area contributed by atoms with E-state index in [1.807, 2.05) is 20.8 Å². The van der Waals surface area contributed by atoms with Gasteiger partial charge < -0.3 is 21.4 Å². The molecule has 6 nitrogen and oxygen atoms in total. The number of nitrogens with two attached hydrogens (primary N) is 1. The Morgan fingerprint density at radius 3 is 2.38 bits per heavy atom. The third kappa shape index (κ3) is 12.3. The highest BCUT2D eigenvalue weighted by Gasteiger charge is 2.41. The highest BCUT2D eigenvalue weighted by molar-refractivity contribution is 7.18. The predicted octanol–water partition coefficient (Wildman–Crippen LogP) is 5.21. The predicted molar refractivity (Wildman–Crippen MR) is 133 cm³/mol. The van der Waals surface area contributed by atoms with Crippen molar-refractivity contribution < 1.29 is 13.6 Å². The van der Waals surface area contributed by atoms with Crippen molar-refractivity contribution >= 4 is 20.9 Å². The first-order valence-corrected chi connectivity index (χ1v) is 11.5. The summed E-state index contributed by atoms with van der Waals surface area (Å²) in [7, 11) is 1.61. The lowest BCUT2D eigenvalue weighted by Gasteiger charge is -2.31. The zero-order valence-electron chi connectivity index (χ0n) is 20.4. The summed E-state index contributed by atoms with van der Waals surface area (Å²) in [5.74, 6) is 0.982. The zero-order chi connectivity index (χ0) is 25.5. The first kappa shape index (κ1) is 32.3. The zero-order valence-corrected chi connectivity index (χ0v) is 21.6. The number of carbonyl (C=O) groups excluding carboxylic acids is 1. The number of nitrogens with one attached hydrogen (secondary N) is 3. The molecule has 2 heterocycles. The maximum atomic E-state index is 13.3. The summed E-state index contributed by atoms with van der Waals surface area (Å²) in [6, 6.07) is -0.275. The number of piperidine rings is 1. The van der Waals surface area contributed by atoms with Crippen LogP contribution in [0.5, 0.6) is 0 Å². The second-order valence-electron chi connectivity index (χ2n) is 8.19. The van der Waals surface area contributed by atoms with Crippen LogP contribution < -0.4 is 11.1 Å². The van der Waals surface area contributed by atoms with Crippen molar-refractivity contribution in [2.75, 3.05) is 6.54 Å². The molecule has 3 atom stereocenters. The second-order valence-corrected chi connectivity index (χ2v) is 8.92. The van der Waals surface area contributed by atoms with Gasteiger partial charge in [0.25, 0.3) is 5.66 Å². The third-order valence-corrected chi connectivity index (χ3v) is 5.84. The van der Waals surface area contributed by atoms with Crippen molar-refractivity contribution in [3.05, 3.63) is 17.7 Å². The van der Waals surface area contributed by atoms with Crippen LogP contribution in [0, 0.1) is 36.5 Å². The molecule has 184 valence electrons. The Hall–Kier alpha value is -1.84. The molecule has 0 aliphatic carbocycles. The van der Waals surface area contributed by atoms with Crippen molar-refractivity contribution in [3.63, 3.8) is 0 Å². The Morgan fingerprint density at radius 1 is 1.41 bits per heavy atom. The van der Waals surface area contributed by atoms with Crippen LogP contribution in [0.15, 0.2) is 6.20 Å². The first-order valence-electron chi connectivity index (χ1n) is 10.9. The SMILES string of the molecule is C#C.CC.CC(=N)CC1CCCNC1=O.Cc1ncc([C@@H](N)CCC(C)(C)C(F)(F)P)[nH]1. The van der Waals surface area contributed by atoms with Gasteiger partial charge >= 0.3 is 0 Å². The third-order valence-electron chi connectivity index (χ3n) is 5.06. The number of nitrogens with zero attached hydrogens (tertiary/aromatic N) is 1. The van der Waals surface area contributed by atoms with Crippen LogP contribution in [0.25, 0.3) is 0 Å². The van der Waals surface area contributed by atoms with E-state index in [2.05, 4.69) is 28.1 Å². The summed E-state index contributed by atoms with van der Waals surface area (Å²) in [5.41, 5.74) is 3.48. The molecule has 0 spiro atoms. The van der Waals surface area contributed by atoms with Crippen LogP contribution in [0.2, 0.25) is 0 Å². The lowest BCUT2D eigenvalue weighted by Crippen LogP contribution is -2.37. The molecule has 0 aromatic carbocycles. The number of rotatable bonds is 7. The van der Waals surface area contributed by atoms with E-state index in [-0.39, 0.29) is 17.9 Å². The number of alkyl halides is 2. The number of imidazole rings is 1. The summed E-state index contributed by atoms with van der Waals surface area (Å²) in [4.78, 5) is 18.2. The Balaban J connectivity index is 0. The summed E-state index contributed by atoms with van der Waals surface area (Å²) in [5, 5.41) is 10.0. The molecule has 1 aliphatic heterocycles. The first-order chi connectivity index (χ1) is 14.8. The number of hydrogen-bond donors (Lipinski definition) is 4. The monoisotopic (exact) mass is 473 g/mol. The largest absolute Gasteiger partial charge is 0.356 e. The van der Waals surface area contributed by atoms with E-state index in [1.54, 1.807) is 36.2 Å². The molecule has 32 heavy (non-hydrogen) atoms. The maximum absolute atomic E-state index is 13.3. The number of aryl methyl sites for hydroxylation is 1. The minimum absolute atomic E-state index is 0.0706. The minimum atomic E-state index is -2.78. The van der Waals surface area contributed by atoms with Crippen LogP contribution in [0.1, 0.15) is 84.3 Å². The van der Waals surface area contributed by atoms with E-state index in [0.29, 0.717) is 25.0 Å². The standard InChI is InChI=1S/C11H20F2N3P.C8H14N2O.C2H6.C2H2/c1-7-15-6-9(16-7)8(14)4-5-10(2,3)11(12,13)17;1-6(9)5-7-3-2-4-10-8(7)11;2*1-2/h6,8H,4-5,14,17H2,1-3H3,(H,15,16);7,9H,2-5H2,1H3,(H,10,11);1-2H3;1-2H/t8-;;;/m0.../s1. The Bertz CT molecular complexity index is 698. The van der Waals surface area contributed by atoms with Crippen LogP contribution >= 0.6 is 9.24 Å². The molecule has 1 saturated heterocycles. The van der Waals surface area contributed by atoms with Crippen LogP contribution in [0.3, 0.4) is 0 Å². The Morgan fingerprint density at radius 2 is 1.97 bits per heavy atom. The van der Waals surface area contributed by atoms with Gasteiger partial charge in [-0.1, -0.05) is 36.9 Å². The van der Waals surface area contributed by atoms with Crippen molar-refractivity contribution in [2.24, 2.45) is 17.1 Å². The Kier molecular flexibility index (Phi) is 16.0. The quantitative estimate of drug-likeness (QED) is 0.248. The molecule has 1 fully saturated rings. The summed E-state index contributed by atoms with van der Waals surface area (Å²) >= 11 is 0. The molecule has 1 aliphatic rings. The molecule has 0 saturated carbocycles. The average molecular weight is 474 g/mol. The van der Waals surface area contributed by atoms with E-state index in [4.69, 9.17) is 11.1 Å². The van der Waals surface area contributed by atoms with Crippen molar-refractivity contribution in [1.29, 1.82) is 5.41 Å². The van der Waals surface area contributed by atoms with E-state index in [0.717, 1.165) is 30.9 Å². The summed E-state index contributed by atoms with van der Waals surface area (Å²) < 4.78 is 26.5. The molecule has 1 aromatic heterocycles. The topological polar surface area (TPSA) is 108 Å². The smallest absolute Gasteiger partial charge is 0.263 e. The van der Waals surface area contributed by atoms with Crippen molar-refractivity contribution in [2.45, 2.75) is 85.4 Å². The number of H-pyrrole nitrogens is 1. The molecule has 0 bridgehead atoms. The van der Waals surface area contributed by atoms with Crippen LogP contribution in [-0.2, 0) is 4.79 Å². The molecule has 5 N–H and O–H groups in total. The molecule has 2 rings (SSSR count). The van der Waals surface area contributed by atoms with Gasteiger partial charge in [0, 0.05) is 35.8 Å². The molecule has 9 heteroatoms. The number of amides is 1. The Labute approximate surface area is 195 Å². The van der Waals surface area contributed by atoms with Crippen LogP contribution in [0.4, 0.5) is 8.78 Å². The van der Waals surface area contributed by atoms with Gasteiger partial charge in [-0.25, -0.2) is 13.8 Å². The van der Waals surface area contributed by atoms with E-state index >= 15 is 0 Å². The van der Waals surface area contributed by atoms with Gasteiger partial charge in [0.15, 0.2) is 0 Å². The highest BCUT2D eigenvalue weighted by Crippen LogP contribution is 2.45. The van der Waals surface area contributed by atoms with Gasteiger partial charge in [0.05, 0.1) is 5.69 Å². The van der Waals surface area contributed by atoms with Crippen molar-refractivity contribution in [3.8, 4) is 12.8 Å². The molecule has 1 amide bonds. The number of aromatic amines is 1. The van der Waals surface area contributed by atoms with Crippen molar-refractivity contribution in [1.82, 2.24) is 15.3 Å². The van der Waals surface area contributed by atoms with Gasteiger partial charge in [0.2, 0.25) is 5.91 Å². The fraction of sp³-hybridized carbons (Fsp3) is 0.696. The molecular weight excluding hydrogens is 431 g/mol. The number of aromatic nitrogens is 2. The van der Waals surface area contributed by atoms with E-state index < -0.39 is 11.1 Å². The molecule has 0 radical (unpaired) electrons. The lowest BCUT2D eigenvalue weighted by molar-refractivity contribution is -0.126. The maximum Gasteiger partial charge on any atom is 0.263 e. The molecule has 2 unspecified atom stereocenters. The van der Waals surface area contributed by atoms with Gasteiger partial charge in [-0.2, -0.15) is 0 Å². The highest BCUT2D eigenvalue weighted by atomic mass is 31.0. The van der Waals surface area contributed by atoms with E-state index in [1.165, 1.54) is 0 Å². The fourth-order valence-corrected chi connectivity index (χ4v) is 3.01. The number of halogens is 2. The van der Waals surface area contributed by atoms with Gasteiger partial charge in [0.1, 0.15) is 5.82 Å². The fourth-order valence-electron chi connectivity index (χ4n) is 2.87. The number of hydrogen-bond acceptors (Lipinski definition) is 4. The van der Waals surface area contributed by atoms with Crippen LogP contribution in [-0.4, -0.2) is 33.8 Å². The second kappa shape index (κ2) is 15.9. The average Bonchev–Trinajstić information content (AvgIpc) is 3.17. The number of carbonyl (C=O) groups is 1.